The van der Waals surface area contributed by atoms with E-state index in [0.717, 1.165) is 16.0 Å². The van der Waals surface area contributed by atoms with Gasteiger partial charge in [0.05, 0.1) is 28.5 Å². The van der Waals surface area contributed by atoms with Crippen LogP contribution in [0.5, 0.6) is 0 Å². The lowest BCUT2D eigenvalue weighted by Crippen LogP contribution is -2.47. The number of carbonyl (C=O) groups is 3. The number of non-ortho nitro benzene ring substituents is 1. The van der Waals surface area contributed by atoms with Gasteiger partial charge >= 0.3 is 0 Å². The average molecular weight is 418 g/mol. The molecule has 4 atom stereocenters. The van der Waals surface area contributed by atoms with E-state index in [2.05, 4.69) is 0 Å². The summed E-state index contributed by atoms with van der Waals surface area (Å²) in [5, 5.41) is 11.1. The van der Waals surface area contributed by atoms with E-state index in [9.17, 15) is 24.5 Å². The first-order valence-corrected chi connectivity index (χ1v) is 9.78. The Balaban J connectivity index is 1.63. The summed E-state index contributed by atoms with van der Waals surface area (Å²) in [5.74, 6) is -3.34. The van der Waals surface area contributed by atoms with Crippen LogP contribution in [0.25, 0.3) is 6.08 Å². The first-order valence-electron chi connectivity index (χ1n) is 9.78. The number of nitrogens with zero attached hydrogens (tertiary/aromatic N) is 3. The van der Waals surface area contributed by atoms with Crippen molar-refractivity contribution in [2.75, 3.05) is 4.90 Å². The van der Waals surface area contributed by atoms with E-state index >= 15 is 0 Å². The monoisotopic (exact) mass is 418 g/mol. The van der Waals surface area contributed by atoms with E-state index in [4.69, 9.17) is 5.73 Å². The van der Waals surface area contributed by atoms with Crippen LogP contribution in [0, 0.1) is 28.9 Å². The van der Waals surface area contributed by atoms with Gasteiger partial charge < -0.3 is 10.6 Å². The number of benzene rings is 2. The largest absolute Gasteiger partial charge is 0.368 e. The van der Waals surface area contributed by atoms with E-state index < -0.39 is 46.6 Å². The summed E-state index contributed by atoms with van der Waals surface area (Å²) in [4.78, 5) is 52.7. The third-order valence-corrected chi connectivity index (χ3v) is 6.39. The second kappa shape index (κ2) is 6.49. The minimum Gasteiger partial charge on any atom is -0.368 e. The van der Waals surface area contributed by atoms with Gasteiger partial charge in [-0.1, -0.05) is 24.3 Å². The Morgan fingerprint density at radius 2 is 1.81 bits per heavy atom. The molecule has 9 nitrogen and oxygen atoms in total. The summed E-state index contributed by atoms with van der Waals surface area (Å²) in [6, 6.07) is 10.0. The van der Waals surface area contributed by atoms with Crippen LogP contribution in [-0.4, -0.2) is 33.6 Å². The molecule has 0 unspecified atom stereocenters. The van der Waals surface area contributed by atoms with Gasteiger partial charge in [-0.25, -0.2) is 4.90 Å². The summed E-state index contributed by atoms with van der Waals surface area (Å²) in [6.07, 6.45) is 3.57. The highest BCUT2D eigenvalue weighted by molar-refractivity contribution is 6.24. The van der Waals surface area contributed by atoms with Crippen molar-refractivity contribution >= 4 is 35.2 Å². The van der Waals surface area contributed by atoms with Gasteiger partial charge in [-0.3, -0.25) is 24.5 Å². The number of fused-ring (bicyclic) bond motifs is 5. The molecule has 0 radical (unpaired) electrons. The molecule has 2 N–H and O–H groups in total. The molecule has 0 aliphatic carbocycles. The zero-order valence-corrected chi connectivity index (χ0v) is 16.5. The summed E-state index contributed by atoms with van der Waals surface area (Å²) in [6.45, 7) is 1.60. The van der Waals surface area contributed by atoms with Crippen LogP contribution < -0.4 is 10.6 Å². The number of nitrogens with two attached hydrogens (primary N) is 1. The lowest BCUT2D eigenvalue weighted by atomic mass is 9.84. The van der Waals surface area contributed by atoms with Crippen LogP contribution in [0.2, 0.25) is 0 Å². The topological polar surface area (TPSA) is 127 Å². The van der Waals surface area contributed by atoms with Gasteiger partial charge in [0.15, 0.2) is 0 Å². The molecule has 5 rings (SSSR count). The van der Waals surface area contributed by atoms with E-state index in [1.807, 2.05) is 30.3 Å². The Morgan fingerprint density at radius 3 is 2.48 bits per heavy atom. The van der Waals surface area contributed by atoms with Crippen molar-refractivity contribution in [1.29, 1.82) is 0 Å². The molecule has 2 aromatic rings. The highest BCUT2D eigenvalue weighted by Crippen LogP contribution is 2.53. The number of anilines is 1. The van der Waals surface area contributed by atoms with Gasteiger partial charge in [-0.2, -0.15) is 0 Å². The van der Waals surface area contributed by atoms with Crippen LogP contribution >= 0.6 is 0 Å². The van der Waals surface area contributed by atoms with Crippen LogP contribution in [0.4, 0.5) is 11.4 Å². The SMILES string of the molecule is Cc1cc([N+](=O)[O-])ccc1N1C(=O)[C@@H]2[C@H](C1=O)[C@H]1c3ccccc3C=CN1[C@@H]2C(N)=O. The van der Waals surface area contributed by atoms with Crippen molar-refractivity contribution in [3.05, 3.63) is 75.5 Å². The van der Waals surface area contributed by atoms with Gasteiger partial charge in [-0.15, -0.1) is 0 Å². The molecule has 9 heteroatoms. The normalized spacial score (nSPS) is 26.0. The first-order chi connectivity index (χ1) is 14.8. The third kappa shape index (κ3) is 2.52. The van der Waals surface area contributed by atoms with Gasteiger partial charge in [0, 0.05) is 18.3 Å². The number of amides is 3. The molecule has 3 amide bonds. The van der Waals surface area contributed by atoms with Crippen molar-refractivity contribution in [2.45, 2.75) is 19.0 Å². The molecule has 0 aromatic heterocycles. The Morgan fingerprint density at radius 1 is 1.10 bits per heavy atom. The maximum absolute atomic E-state index is 13.6. The lowest BCUT2D eigenvalue weighted by Gasteiger charge is -2.34. The number of carbonyl (C=O) groups excluding carboxylic acids is 3. The minimum absolute atomic E-state index is 0.131. The molecular formula is C22H18N4O5. The van der Waals surface area contributed by atoms with E-state index in [0.29, 0.717) is 5.56 Å². The summed E-state index contributed by atoms with van der Waals surface area (Å²) < 4.78 is 0. The molecule has 2 fully saturated rings. The molecule has 0 bridgehead atoms. The maximum Gasteiger partial charge on any atom is 0.269 e. The van der Waals surface area contributed by atoms with Crippen molar-refractivity contribution < 1.29 is 19.3 Å². The molecule has 31 heavy (non-hydrogen) atoms. The molecule has 3 aliphatic heterocycles. The van der Waals surface area contributed by atoms with E-state index in [1.54, 1.807) is 18.0 Å². The molecular weight excluding hydrogens is 400 g/mol. The fourth-order valence-electron chi connectivity index (χ4n) is 5.12. The van der Waals surface area contributed by atoms with Crippen LogP contribution in [0.1, 0.15) is 22.7 Å². The van der Waals surface area contributed by atoms with Crippen LogP contribution in [0.3, 0.4) is 0 Å². The third-order valence-electron chi connectivity index (χ3n) is 6.39. The quantitative estimate of drug-likeness (QED) is 0.461. The van der Waals surface area contributed by atoms with Gasteiger partial charge in [0.2, 0.25) is 17.7 Å². The molecule has 0 spiro atoms. The van der Waals surface area contributed by atoms with Crippen molar-refractivity contribution in [3.8, 4) is 0 Å². The summed E-state index contributed by atoms with van der Waals surface area (Å²) in [7, 11) is 0. The van der Waals surface area contributed by atoms with Crippen LogP contribution in [0.15, 0.2) is 48.7 Å². The Bertz CT molecular complexity index is 1210. The lowest BCUT2D eigenvalue weighted by molar-refractivity contribution is -0.384. The van der Waals surface area contributed by atoms with Crippen molar-refractivity contribution in [2.24, 2.45) is 17.6 Å². The summed E-state index contributed by atoms with van der Waals surface area (Å²) >= 11 is 0. The minimum atomic E-state index is -0.959. The van der Waals surface area contributed by atoms with Gasteiger partial charge in [-0.05, 0) is 35.8 Å². The zero-order chi connectivity index (χ0) is 22.0. The predicted octanol–water partition coefficient (Wildman–Crippen LogP) is 1.90. The maximum atomic E-state index is 13.6. The number of imide groups is 1. The first kappa shape index (κ1) is 19.0. The molecule has 0 saturated carbocycles. The van der Waals surface area contributed by atoms with Gasteiger partial charge in [0.25, 0.3) is 5.69 Å². The number of nitro groups is 1. The fraction of sp³-hybridized carbons (Fsp3) is 0.227. The standard InChI is InChI=1S/C22H18N4O5/c1-11-10-13(26(30)31)6-7-15(11)25-21(28)16-17(22(25)29)19(20(23)27)24-9-8-12-4-2-3-5-14(12)18(16)24/h2-10,16-19H,1H3,(H2,23,27)/t16-,17+,18+,19-/m0/s1. The van der Waals surface area contributed by atoms with Crippen LogP contribution in [-0.2, 0) is 14.4 Å². The Labute approximate surface area is 176 Å². The second-order valence-corrected chi connectivity index (χ2v) is 7.98. The number of primary amides is 1. The Kier molecular flexibility index (Phi) is 3.98. The second-order valence-electron chi connectivity index (χ2n) is 7.98. The highest BCUT2D eigenvalue weighted by atomic mass is 16.6. The molecule has 3 aliphatic rings. The predicted molar refractivity (Wildman–Crippen MR) is 110 cm³/mol. The molecule has 2 saturated heterocycles. The molecule has 2 aromatic carbocycles. The number of hydrogen-bond acceptors (Lipinski definition) is 6. The number of rotatable bonds is 3. The average Bonchev–Trinajstić information content (AvgIpc) is 3.21. The number of hydrogen-bond donors (Lipinski definition) is 1. The number of nitro benzene ring substituents is 1. The van der Waals surface area contributed by atoms with Crippen molar-refractivity contribution in [1.82, 2.24) is 4.90 Å². The number of aryl methyl sites for hydroxylation is 1. The van der Waals surface area contributed by atoms with Crippen molar-refractivity contribution in [3.63, 3.8) is 0 Å². The van der Waals surface area contributed by atoms with E-state index in [-0.39, 0.29) is 11.4 Å². The smallest absolute Gasteiger partial charge is 0.269 e. The van der Waals surface area contributed by atoms with Gasteiger partial charge in [0.1, 0.15) is 6.04 Å². The Hall–Kier alpha value is -4.01. The fourth-order valence-corrected chi connectivity index (χ4v) is 5.12. The molecule has 156 valence electrons. The van der Waals surface area contributed by atoms with E-state index in [1.165, 1.54) is 18.2 Å². The summed E-state index contributed by atoms with van der Waals surface area (Å²) in [5.41, 5.74) is 8.03. The zero-order valence-electron chi connectivity index (χ0n) is 16.5. The highest BCUT2D eigenvalue weighted by Gasteiger charge is 2.64. The molecule has 3 heterocycles.